The standard InChI is InChI=1S/C14H18BrN3/c1-9(2)8-18-10(3)17-13(14(18)16)11-5-4-6-12(15)7-11/h4-7,9H,8,16H2,1-3H3. The summed E-state index contributed by atoms with van der Waals surface area (Å²) in [6.45, 7) is 7.26. The van der Waals surface area contributed by atoms with Gasteiger partial charge >= 0.3 is 0 Å². The Morgan fingerprint density at radius 3 is 2.72 bits per heavy atom. The molecule has 96 valence electrons. The highest BCUT2D eigenvalue weighted by Crippen LogP contribution is 2.28. The van der Waals surface area contributed by atoms with Gasteiger partial charge in [0.2, 0.25) is 0 Å². The molecule has 2 aromatic rings. The Labute approximate surface area is 116 Å². The molecule has 0 spiro atoms. The molecule has 1 aromatic heterocycles. The lowest BCUT2D eigenvalue weighted by molar-refractivity contribution is 0.518. The third-order valence-corrected chi connectivity index (χ3v) is 3.34. The van der Waals surface area contributed by atoms with E-state index in [0.29, 0.717) is 5.92 Å². The molecule has 1 aromatic carbocycles. The van der Waals surface area contributed by atoms with Crippen LogP contribution in [0.5, 0.6) is 0 Å². The molecule has 0 amide bonds. The molecular formula is C14H18BrN3. The first-order chi connectivity index (χ1) is 8.49. The Hall–Kier alpha value is -1.29. The summed E-state index contributed by atoms with van der Waals surface area (Å²) in [4.78, 5) is 4.59. The molecule has 0 aliphatic carbocycles. The highest BCUT2D eigenvalue weighted by Gasteiger charge is 2.14. The maximum atomic E-state index is 6.22. The van der Waals surface area contributed by atoms with E-state index in [-0.39, 0.29) is 0 Å². The Kier molecular flexibility index (Phi) is 3.76. The lowest BCUT2D eigenvalue weighted by Gasteiger charge is -2.10. The van der Waals surface area contributed by atoms with Gasteiger partial charge in [-0.25, -0.2) is 4.98 Å². The minimum Gasteiger partial charge on any atom is -0.383 e. The molecule has 0 aliphatic heterocycles. The largest absolute Gasteiger partial charge is 0.383 e. The molecule has 0 atom stereocenters. The highest BCUT2D eigenvalue weighted by molar-refractivity contribution is 9.10. The second kappa shape index (κ2) is 5.14. The van der Waals surface area contributed by atoms with Crippen LogP contribution in [-0.4, -0.2) is 9.55 Å². The molecule has 18 heavy (non-hydrogen) atoms. The number of nitrogens with two attached hydrogens (primary N) is 1. The fraction of sp³-hybridized carbons (Fsp3) is 0.357. The van der Waals surface area contributed by atoms with Crippen LogP contribution in [0.1, 0.15) is 19.7 Å². The minimum atomic E-state index is 0.551. The van der Waals surface area contributed by atoms with Crippen molar-refractivity contribution in [2.24, 2.45) is 5.92 Å². The number of nitrogens with zero attached hydrogens (tertiary/aromatic N) is 2. The number of halogens is 1. The van der Waals surface area contributed by atoms with Crippen molar-refractivity contribution >= 4 is 21.7 Å². The van der Waals surface area contributed by atoms with Crippen molar-refractivity contribution in [2.75, 3.05) is 5.73 Å². The summed E-state index contributed by atoms with van der Waals surface area (Å²) in [5, 5.41) is 0. The SMILES string of the molecule is Cc1nc(-c2cccc(Br)c2)c(N)n1CC(C)C. The number of hydrogen-bond donors (Lipinski definition) is 1. The monoisotopic (exact) mass is 307 g/mol. The van der Waals surface area contributed by atoms with Crippen LogP contribution >= 0.6 is 15.9 Å². The van der Waals surface area contributed by atoms with Crippen LogP contribution in [0.15, 0.2) is 28.7 Å². The van der Waals surface area contributed by atoms with Gasteiger partial charge < -0.3 is 10.3 Å². The third-order valence-electron chi connectivity index (χ3n) is 2.84. The molecule has 2 N–H and O–H groups in total. The van der Waals surface area contributed by atoms with Gasteiger partial charge in [0.1, 0.15) is 17.3 Å². The van der Waals surface area contributed by atoms with E-state index < -0.39 is 0 Å². The summed E-state index contributed by atoms with van der Waals surface area (Å²) in [6, 6.07) is 8.06. The fourth-order valence-corrected chi connectivity index (χ4v) is 2.42. The van der Waals surface area contributed by atoms with Gasteiger partial charge in [-0.3, -0.25) is 0 Å². The molecule has 0 saturated carbocycles. The van der Waals surface area contributed by atoms with Crippen LogP contribution in [0.4, 0.5) is 5.82 Å². The molecule has 0 saturated heterocycles. The number of aromatic nitrogens is 2. The second-order valence-electron chi connectivity index (χ2n) is 4.91. The van der Waals surface area contributed by atoms with E-state index in [1.54, 1.807) is 0 Å². The summed E-state index contributed by atoms with van der Waals surface area (Å²) in [6.07, 6.45) is 0. The van der Waals surface area contributed by atoms with E-state index in [9.17, 15) is 0 Å². The molecule has 0 aliphatic rings. The van der Waals surface area contributed by atoms with Crippen molar-refractivity contribution in [3.8, 4) is 11.3 Å². The summed E-state index contributed by atoms with van der Waals surface area (Å²) < 4.78 is 3.12. The number of rotatable bonds is 3. The van der Waals surface area contributed by atoms with Gasteiger partial charge in [0.25, 0.3) is 0 Å². The maximum absolute atomic E-state index is 6.22. The quantitative estimate of drug-likeness (QED) is 0.935. The lowest BCUT2D eigenvalue weighted by Crippen LogP contribution is -2.09. The summed E-state index contributed by atoms with van der Waals surface area (Å²) in [5.74, 6) is 2.27. The number of imidazole rings is 1. The van der Waals surface area contributed by atoms with Crippen molar-refractivity contribution in [3.63, 3.8) is 0 Å². The number of hydrogen-bond acceptors (Lipinski definition) is 2. The maximum Gasteiger partial charge on any atom is 0.131 e. The second-order valence-corrected chi connectivity index (χ2v) is 5.82. The summed E-state index contributed by atoms with van der Waals surface area (Å²) >= 11 is 3.47. The average Bonchev–Trinajstić information content (AvgIpc) is 2.56. The van der Waals surface area contributed by atoms with Crippen LogP contribution in [-0.2, 0) is 6.54 Å². The van der Waals surface area contributed by atoms with Gasteiger partial charge in [-0.05, 0) is 25.0 Å². The van der Waals surface area contributed by atoms with Gasteiger partial charge in [-0.2, -0.15) is 0 Å². The molecule has 1 heterocycles. The van der Waals surface area contributed by atoms with Crippen LogP contribution in [0.3, 0.4) is 0 Å². The predicted molar refractivity (Wildman–Crippen MR) is 79.4 cm³/mol. The van der Waals surface area contributed by atoms with E-state index in [0.717, 1.165) is 33.9 Å². The van der Waals surface area contributed by atoms with Gasteiger partial charge in [0.15, 0.2) is 0 Å². The Morgan fingerprint density at radius 1 is 1.39 bits per heavy atom. The zero-order valence-electron chi connectivity index (χ0n) is 10.9. The highest BCUT2D eigenvalue weighted by atomic mass is 79.9. The molecule has 0 bridgehead atoms. The lowest BCUT2D eigenvalue weighted by atomic mass is 10.1. The first kappa shape index (κ1) is 13.1. The zero-order valence-corrected chi connectivity index (χ0v) is 12.5. The smallest absolute Gasteiger partial charge is 0.131 e. The molecule has 0 fully saturated rings. The van der Waals surface area contributed by atoms with Crippen LogP contribution < -0.4 is 5.73 Å². The normalized spacial score (nSPS) is 11.2. The van der Waals surface area contributed by atoms with Crippen LogP contribution in [0.2, 0.25) is 0 Å². The van der Waals surface area contributed by atoms with Gasteiger partial charge in [0, 0.05) is 16.6 Å². The van der Waals surface area contributed by atoms with Gasteiger partial charge in [0.05, 0.1) is 0 Å². The first-order valence-electron chi connectivity index (χ1n) is 6.07. The molecule has 3 nitrogen and oxygen atoms in total. The van der Waals surface area contributed by atoms with Gasteiger partial charge in [-0.1, -0.05) is 41.9 Å². The van der Waals surface area contributed by atoms with E-state index in [4.69, 9.17) is 5.73 Å². The van der Waals surface area contributed by atoms with Crippen LogP contribution in [0, 0.1) is 12.8 Å². The van der Waals surface area contributed by atoms with Crippen LogP contribution in [0.25, 0.3) is 11.3 Å². The Bertz CT molecular complexity index is 558. The van der Waals surface area contributed by atoms with Crippen molar-refractivity contribution in [1.29, 1.82) is 0 Å². The van der Waals surface area contributed by atoms with E-state index >= 15 is 0 Å². The molecule has 0 radical (unpaired) electrons. The van der Waals surface area contributed by atoms with Crippen molar-refractivity contribution in [3.05, 3.63) is 34.6 Å². The average molecular weight is 308 g/mol. The van der Waals surface area contributed by atoms with Crippen molar-refractivity contribution in [2.45, 2.75) is 27.3 Å². The van der Waals surface area contributed by atoms with E-state index in [1.807, 2.05) is 31.2 Å². The van der Waals surface area contributed by atoms with Gasteiger partial charge in [-0.15, -0.1) is 0 Å². The number of benzene rings is 1. The Balaban J connectivity index is 2.47. The van der Waals surface area contributed by atoms with Crippen molar-refractivity contribution < 1.29 is 0 Å². The van der Waals surface area contributed by atoms with E-state index in [1.165, 1.54) is 0 Å². The number of anilines is 1. The minimum absolute atomic E-state index is 0.551. The molecule has 0 unspecified atom stereocenters. The topological polar surface area (TPSA) is 43.8 Å². The molecule has 4 heteroatoms. The first-order valence-corrected chi connectivity index (χ1v) is 6.87. The zero-order chi connectivity index (χ0) is 13.3. The molecular weight excluding hydrogens is 290 g/mol. The number of nitrogen functional groups attached to an aromatic ring is 1. The fourth-order valence-electron chi connectivity index (χ4n) is 2.03. The van der Waals surface area contributed by atoms with Crippen molar-refractivity contribution in [1.82, 2.24) is 9.55 Å². The predicted octanol–water partition coefficient (Wildman–Crippen LogP) is 3.86. The third kappa shape index (κ3) is 2.58. The number of aryl methyl sites for hydroxylation is 1. The van der Waals surface area contributed by atoms with E-state index in [2.05, 4.69) is 39.3 Å². The summed E-state index contributed by atoms with van der Waals surface area (Å²) in [7, 11) is 0. The summed E-state index contributed by atoms with van der Waals surface area (Å²) in [5.41, 5.74) is 8.14. The Morgan fingerprint density at radius 2 is 2.11 bits per heavy atom. The molecule has 2 rings (SSSR count).